The Morgan fingerprint density at radius 2 is 2.06 bits per heavy atom. The number of hydrogen-bond donors (Lipinski definition) is 2. The standard InChI is InChI=1S/C11H11FN2O2/c1-7-2-3-8(6-9(7)12)14-11(16)5-4-10(13)15/h2-6H,1H3,(H2,13,15)(H,14,16)/b5-4+. The number of nitrogens with two attached hydrogens (primary N) is 1. The van der Waals surface area contributed by atoms with Gasteiger partial charge < -0.3 is 11.1 Å². The second-order valence-corrected chi connectivity index (χ2v) is 3.19. The number of aryl methyl sites for hydroxylation is 1. The summed E-state index contributed by atoms with van der Waals surface area (Å²) in [5.41, 5.74) is 5.63. The van der Waals surface area contributed by atoms with E-state index < -0.39 is 17.6 Å². The van der Waals surface area contributed by atoms with Crippen LogP contribution < -0.4 is 11.1 Å². The number of halogens is 1. The first-order valence-electron chi connectivity index (χ1n) is 4.53. The van der Waals surface area contributed by atoms with Crippen LogP contribution in [0, 0.1) is 12.7 Å². The average Bonchev–Trinajstić information content (AvgIpc) is 2.21. The normalized spacial score (nSPS) is 10.4. The van der Waals surface area contributed by atoms with E-state index in [1.165, 1.54) is 6.07 Å². The van der Waals surface area contributed by atoms with Gasteiger partial charge >= 0.3 is 0 Å². The van der Waals surface area contributed by atoms with Crippen LogP contribution in [0.25, 0.3) is 0 Å². The van der Waals surface area contributed by atoms with Gasteiger partial charge in [0.05, 0.1) is 0 Å². The molecule has 1 aromatic carbocycles. The van der Waals surface area contributed by atoms with E-state index in [1.807, 2.05) is 0 Å². The lowest BCUT2D eigenvalue weighted by Gasteiger charge is -2.03. The third-order valence-corrected chi connectivity index (χ3v) is 1.84. The van der Waals surface area contributed by atoms with Gasteiger partial charge in [-0.3, -0.25) is 9.59 Å². The molecule has 0 aliphatic heterocycles. The Bertz CT molecular complexity index is 455. The summed E-state index contributed by atoms with van der Waals surface area (Å²) < 4.78 is 13.1. The number of amides is 2. The number of nitrogens with one attached hydrogen (secondary N) is 1. The fraction of sp³-hybridized carbons (Fsp3) is 0.0909. The molecule has 0 saturated carbocycles. The summed E-state index contributed by atoms with van der Waals surface area (Å²) in [6.45, 7) is 1.62. The number of hydrogen-bond acceptors (Lipinski definition) is 2. The zero-order valence-electron chi connectivity index (χ0n) is 8.66. The van der Waals surface area contributed by atoms with E-state index >= 15 is 0 Å². The maximum Gasteiger partial charge on any atom is 0.248 e. The predicted molar refractivity (Wildman–Crippen MR) is 58.1 cm³/mol. The van der Waals surface area contributed by atoms with Gasteiger partial charge in [0, 0.05) is 17.8 Å². The first-order chi connectivity index (χ1) is 7.49. The van der Waals surface area contributed by atoms with Crippen molar-refractivity contribution in [3.8, 4) is 0 Å². The minimum atomic E-state index is -0.717. The van der Waals surface area contributed by atoms with E-state index in [0.29, 0.717) is 11.3 Å². The fourth-order valence-electron chi connectivity index (χ4n) is 1.01. The molecule has 4 nitrogen and oxygen atoms in total. The molecule has 0 saturated heterocycles. The number of benzene rings is 1. The molecule has 0 aliphatic carbocycles. The van der Waals surface area contributed by atoms with E-state index in [1.54, 1.807) is 19.1 Å². The average molecular weight is 222 g/mol. The summed E-state index contributed by atoms with van der Waals surface area (Å²) >= 11 is 0. The molecular weight excluding hydrogens is 211 g/mol. The van der Waals surface area contributed by atoms with Crippen molar-refractivity contribution in [1.82, 2.24) is 0 Å². The molecule has 16 heavy (non-hydrogen) atoms. The molecule has 0 atom stereocenters. The molecule has 1 aromatic rings. The highest BCUT2D eigenvalue weighted by atomic mass is 19.1. The largest absolute Gasteiger partial charge is 0.366 e. The molecule has 0 aromatic heterocycles. The summed E-state index contributed by atoms with van der Waals surface area (Å²) in [5, 5.41) is 2.39. The van der Waals surface area contributed by atoms with Crippen LogP contribution in [0.3, 0.4) is 0 Å². The molecule has 0 bridgehead atoms. The number of carbonyl (C=O) groups excluding carboxylic acids is 2. The van der Waals surface area contributed by atoms with Crippen LogP contribution >= 0.6 is 0 Å². The highest BCUT2D eigenvalue weighted by Gasteiger charge is 2.01. The van der Waals surface area contributed by atoms with E-state index in [0.717, 1.165) is 12.2 Å². The SMILES string of the molecule is Cc1ccc(NC(=O)/C=C/C(N)=O)cc1F. The number of rotatable bonds is 3. The van der Waals surface area contributed by atoms with Crippen molar-refractivity contribution in [3.63, 3.8) is 0 Å². The highest BCUT2D eigenvalue weighted by molar-refractivity contribution is 6.03. The monoisotopic (exact) mass is 222 g/mol. The lowest BCUT2D eigenvalue weighted by Crippen LogP contribution is -2.11. The molecule has 0 heterocycles. The molecular formula is C11H11FN2O2. The molecule has 1 rings (SSSR count). The Hall–Kier alpha value is -2.17. The number of primary amides is 1. The van der Waals surface area contributed by atoms with Gasteiger partial charge in [-0.15, -0.1) is 0 Å². The van der Waals surface area contributed by atoms with Crippen LogP contribution in [-0.4, -0.2) is 11.8 Å². The van der Waals surface area contributed by atoms with Crippen molar-refractivity contribution in [3.05, 3.63) is 41.7 Å². The maximum absolute atomic E-state index is 13.1. The molecule has 0 fully saturated rings. The first-order valence-corrected chi connectivity index (χ1v) is 4.53. The third kappa shape index (κ3) is 3.53. The lowest BCUT2D eigenvalue weighted by atomic mass is 10.2. The van der Waals surface area contributed by atoms with Crippen LogP contribution in [0.5, 0.6) is 0 Å². The van der Waals surface area contributed by atoms with E-state index in [9.17, 15) is 14.0 Å². The van der Waals surface area contributed by atoms with Crippen molar-refractivity contribution in [2.75, 3.05) is 5.32 Å². The third-order valence-electron chi connectivity index (χ3n) is 1.84. The van der Waals surface area contributed by atoms with Gasteiger partial charge in [0.25, 0.3) is 0 Å². The van der Waals surface area contributed by atoms with E-state index in [2.05, 4.69) is 5.32 Å². The Balaban J connectivity index is 2.70. The Morgan fingerprint density at radius 3 is 2.62 bits per heavy atom. The summed E-state index contributed by atoms with van der Waals surface area (Å²) in [4.78, 5) is 21.5. The van der Waals surface area contributed by atoms with Crippen LogP contribution in [-0.2, 0) is 9.59 Å². The van der Waals surface area contributed by atoms with Gasteiger partial charge in [-0.2, -0.15) is 0 Å². The van der Waals surface area contributed by atoms with Gasteiger partial charge in [-0.05, 0) is 24.6 Å². The van der Waals surface area contributed by atoms with Crippen molar-refractivity contribution in [2.45, 2.75) is 6.92 Å². The first kappa shape index (κ1) is 11.9. The predicted octanol–water partition coefficient (Wildman–Crippen LogP) is 1.11. The molecule has 0 unspecified atom stereocenters. The second kappa shape index (κ2) is 5.06. The minimum absolute atomic E-state index is 0.322. The number of anilines is 1. The smallest absolute Gasteiger partial charge is 0.248 e. The quantitative estimate of drug-likeness (QED) is 0.752. The highest BCUT2D eigenvalue weighted by Crippen LogP contribution is 2.13. The van der Waals surface area contributed by atoms with Crippen molar-refractivity contribution >= 4 is 17.5 Å². The van der Waals surface area contributed by atoms with Crippen molar-refractivity contribution in [1.29, 1.82) is 0 Å². The topological polar surface area (TPSA) is 72.2 Å². The van der Waals surface area contributed by atoms with Crippen LogP contribution in [0.15, 0.2) is 30.4 Å². The molecule has 5 heteroatoms. The van der Waals surface area contributed by atoms with Crippen molar-refractivity contribution < 1.29 is 14.0 Å². The summed E-state index contributed by atoms with van der Waals surface area (Å²) in [5.74, 6) is -1.66. The number of carbonyl (C=O) groups is 2. The van der Waals surface area contributed by atoms with Crippen LogP contribution in [0.2, 0.25) is 0 Å². The van der Waals surface area contributed by atoms with Gasteiger partial charge in [0.2, 0.25) is 11.8 Å². The minimum Gasteiger partial charge on any atom is -0.366 e. The maximum atomic E-state index is 13.1. The van der Waals surface area contributed by atoms with Gasteiger partial charge in [-0.1, -0.05) is 6.07 Å². The fourth-order valence-corrected chi connectivity index (χ4v) is 1.01. The molecule has 0 spiro atoms. The zero-order valence-corrected chi connectivity index (χ0v) is 8.66. The Labute approximate surface area is 91.9 Å². The molecule has 3 N–H and O–H groups in total. The summed E-state index contributed by atoms with van der Waals surface area (Å²) in [6, 6.07) is 4.31. The molecule has 84 valence electrons. The molecule has 0 radical (unpaired) electrons. The van der Waals surface area contributed by atoms with Gasteiger partial charge in [0.15, 0.2) is 0 Å². The zero-order chi connectivity index (χ0) is 12.1. The summed E-state index contributed by atoms with van der Waals surface area (Å²) in [6.07, 6.45) is 1.92. The summed E-state index contributed by atoms with van der Waals surface area (Å²) in [7, 11) is 0. The van der Waals surface area contributed by atoms with Crippen LogP contribution in [0.1, 0.15) is 5.56 Å². The van der Waals surface area contributed by atoms with E-state index in [-0.39, 0.29) is 0 Å². The molecule has 2 amide bonds. The molecule has 0 aliphatic rings. The van der Waals surface area contributed by atoms with Crippen LogP contribution in [0.4, 0.5) is 10.1 Å². The van der Waals surface area contributed by atoms with Gasteiger partial charge in [0.1, 0.15) is 5.82 Å². The van der Waals surface area contributed by atoms with E-state index in [4.69, 9.17) is 5.73 Å². The second-order valence-electron chi connectivity index (χ2n) is 3.19. The Morgan fingerprint density at radius 1 is 1.38 bits per heavy atom. The Kier molecular flexibility index (Phi) is 3.77. The van der Waals surface area contributed by atoms with Gasteiger partial charge in [-0.25, -0.2) is 4.39 Å². The van der Waals surface area contributed by atoms with Crippen molar-refractivity contribution in [2.24, 2.45) is 5.73 Å². The lowest BCUT2D eigenvalue weighted by molar-refractivity contribution is -0.115.